The van der Waals surface area contributed by atoms with Gasteiger partial charge in [0.2, 0.25) is 5.95 Å². The fourth-order valence-electron chi connectivity index (χ4n) is 4.49. The fraction of sp³-hybridized carbons (Fsp3) is 0.750. The Bertz CT molecular complexity index is 761. The molecule has 7 heteroatoms. The molecule has 0 amide bonds. The van der Waals surface area contributed by atoms with Crippen LogP contribution in [0.4, 0.5) is 5.95 Å². The van der Waals surface area contributed by atoms with Crippen molar-refractivity contribution in [1.82, 2.24) is 25.1 Å². The Morgan fingerprint density at radius 1 is 1.30 bits per heavy atom. The maximum absolute atomic E-state index is 9.89. The van der Waals surface area contributed by atoms with E-state index in [-0.39, 0.29) is 6.10 Å². The van der Waals surface area contributed by atoms with Crippen LogP contribution in [0.2, 0.25) is 0 Å². The number of aromatic nitrogens is 4. The second-order valence-electron chi connectivity index (χ2n) is 8.25. The molecule has 0 bridgehead atoms. The highest BCUT2D eigenvalue weighted by atomic mass is 16.3. The van der Waals surface area contributed by atoms with Crippen LogP contribution >= 0.6 is 0 Å². The predicted octanol–water partition coefficient (Wildman–Crippen LogP) is 2.98. The summed E-state index contributed by atoms with van der Waals surface area (Å²) in [5.74, 6) is 1.13. The molecule has 27 heavy (non-hydrogen) atoms. The van der Waals surface area contributed by atoms with Gasteiger partial charge in [-0.05, 0) is 52.0 Å². The number of nitrogens with one attached hydrogen (secondary N) is 2. The topological polar surface area (TPSA) is 87.9 Å². The van der Waals surface area contributed by atoms with Crippen LogP contribution in [0.1, 0.15) is 76.4 Å². The smallest absolute Gasteiger partial charge is 0.224 e. The van der Waals surface area contributed by atoms with Gasteiger partial charge in [-0.15, -0.1) is 0 Å². The molecule has 3 N–H and O–H groups in total. The Labute approximate surface area is 161 Å². The van der Waals surface area contributed by atoms with Crippen molar-refractivity contribution in [1.29, 1.82) is 0 Å². The molecule has 1 aliphatic heterocycles. The zero-order valence-corrected chi connectivity index (χ0v) is 16.5. The van der Waals surface area contributed by atoms with Crippen molar-refractivity contribution in [3.8, 4) is 0 Å². The average Bonchev–Trinajstić information content (AvgIpc) is 3.30. The number of hydrogen-bond donors (Lipinski definition) is 3. The first-order chi connectivity index (χ1) is 13.2. The van der Waals surface area contributed by atoms with Gasteiger partial charge in [-0.2, -0.15) is 10.1 Å². The van der Waals surface area contributed by atoms with E-state index in [2.05, 4.69) is 34.1 Å². The van der Waals surface area contributed by atoms with Gasteiger partial charge in [-0.3, -0.25) is 0 Å². The standard InChI is InChI=1S/C20H32N6O/c1-3-4-13(2)23-20-22-12-17-18(14-9-10-21-11-14)25-26(19(17)24-20)15-5-7-16(27)8-6-15/h12-16,21,27H,3-11H2,1-2H3,(H,22,23,24)/t13-,14?,15?,16?/m0/s1. The monoisotopic (exact) mass is 372 g/mol. The lowest BCUT2D eigenvalue weighted by molar-refractivity contribution is 0.108. The van der Waals surface area contributed by atoms with E-state index in [0.29, 0.717) is 23.9 Å². The molecule has 7 nitrogen and oxygen atoms in total. The number of aliphatic hydroxyl groups excluding tert-OH is 1. The maximum Gasteiger partial charge on any atom is 0.224 e. The molecule has 2 aromatic rings. The Balaban J connectivity index is 1.69. The molecule has 0 radical (unpaired) electrons. The summed E-state index contributed by atoms with van der Waals surface area (Å²) in [6, 6.07) is 0.668. The molecule has 2 fully saturated rings. The zero-order valence-electron chi connectivity index (χ0n) is 16.5. The lowest BCUT2D eigenvalue weighted by Gasteiger charge is -2.26. The van der Waals surface area contributed by atoms with Gasteiger partial charge in [0.15, 0.2) is 5.65 Å². The highest BCUT2D eigenvalue weighted by Crippen LogP contribution is 2.34. The highest BCUT2D eigenvalue weighted by molar-refractivity contribution is 5.79. The Hall–Kier alpha value is -1.73. The summed E-state index contributed by atoms with van der Waals surface area (Å²) in [4.78, 5) is 9.47. The quantitative estimate of drug-likeness (QED) is 0.722. The highest BCUT2D eigenvalue weighted by Gasteiger charge is 2.28. The van der Waals surface area contributed by atoms with Crippen LogP contribution in [0.25, 0.3) is 11.0 Å². The van der Waals surface area contributed by atoms with Crippen molar-refractivity contribution in [3.63, 3.8) is 0 Å². The molecule has 4 rings (SSSR count). The largest absolute Gasteiger partial charge is 0.393 e. The molecule has 0 spiro atoms. The summed E-state index contributed by atoms with van der Waals surface area (Å²) >= 11 is 0. The van der Waals surface area contributed by atoms with Crippen LogP contribution in [0.15, 0.2) is 6.20 Å². The maximum atomic E-state index is 9.89. The minimum Gasteiger partial charge on any atom is -0.393 e. The number of fused-ring (bicyclic) bond motifs is 1. The van der Waals surface area contributed by atoms with E-state index in [1.165, 1.54) is 0 Å². The lowest BCUT2D eigenvalue weighted by atomic mass is 9.93. The molecule has 2 atom stereocenters. The summed E-state index contributed by atoms with van der Waals surface area (Å²) in [7, 11) is 0. The van der Waals surface area contributed by atoms with Crippen LogP contribution in [0, 0.1) is 0 Å². The van der Waals surface area contributed by atoms with Crippen molar-refractivity contribution in [3.05, 3.63) is 11.9 Å². The molecule has 0 aromatic carbocycles. The molecule has 1 unspecified atom stereocenters. The van der Waals surface area contributed by atoms with Gasteiger partial charge >= 0.3 is 0 Å². The Morgan fingerprint density at radius 3 is 2.81 bits per heavy atom. The van der Waals surface area contributed by atoms with E-state index in [1.807, 2.05) is 6.20 Å². The molecule has 1 saturated heterocycles. The van der Waals surface area contributed by atoms with Crippen LogP contribution in [-0.2, 0) is 0 Å². The normalized spacial score (nSPS) is 27.1. The van der Waals surface area contributed by atoms with Crippen LogP contribution in [-0.4, -0.2) is 50.1 Å². The van der Waals surface area contributed by atoms with Crippen molar-refractivity contribution in [2.45, 2.75) is 82.9 Å². The second-order valence-corrected chi connectivity index (χ2v) is 8.25. The summed E-state index contributed by atoms with van der Waals surface area (Å²) in [6.45, 7) is 6.38. The molecule has 3 heterocycles. The SMILES string of the molecule is CCC[C@H](C)Nc1ncc2c(C3CCNC3)nn(C3CCC(O)CC3)c2n1. The first-order valence-electron chi connectivity index (χ1n) is 10.6. The summed E-state index contributed by atoms with van der Waals surface area (Å²) < 4.78 is 2.13. The number of nitrogens with zero attached hydrogens (tertiary/aromatic N) is 4. The molecule has 1 aliphatic carbocycles. The van der Waals surface area contributed by atoms with Gasteiger partial charge in [0.05, 0.1) is 23.2 Å². The van der Waals surface area contributed by atoms with Gasteiger partial charge < -0.3 is 15.7 Å². The van der Waals surface area contributed by atoms with Gasteiger partial charge in [-0.1, -0.05) is 13.3 Å². The van der Waals surface area contributed by atoms with Crippen LogP contribution in [0.5, 0.6) is 0 Å². The summed E-state index contributed by atoms with van der Waals surface area (Å²) in [5, 5.41) is 22.9. The van der Waals surface area contributed by atoms with Gasteiger partial charge in [0, 0.05) is 24.7 Å². The Morgan fingerprint density at radius 2 is 2.11 bits per heavy atom. The number of aliphatic hydroxyl groups is 1. The van der Waals surface area contributed by atoms with Crippen molar-refractivity contribution >= 4 is 17.0 Å². The molecular formula is C20H32N6O. The van der Waals surface area contributed by atoms with Gasteiger partial charge in [-0.25, -0.2) is 9.67 Å². The molecule has 1 saturated carbocycles. The third-order valence-corrected chi connectivity index (χ3v) is 6.03. The lowest BCUT2D eigenvalue weighted by Crippen LogP contribution is -2.22. The minimum atomic E-state index is -0.164. The second kappa shape index (κ2) is 8.10. The Kier molecular flexibility index (Phi) is 5.59. The average molecular weight is 373 g/mol. The van der Waals surface area contributed by atoms with Gasteiger partial charge in [0.25, 0.3) is 0 Å². The number of rotatable bonds is 6. The van der Waals surface area contributed by atoms with E-state index in [9.17, 15) is 5.11 Å². The van der Waals surface area contributed by atoms with Crippen molar-refractivity contribution in [2.24, 2.45) is 0 Å². The minimum absolute atomic E-state index is 0.164. The van der Waals surface area contributed by atoms with E-state index >= 15 is 0 Å². The first kappa shape index (κ1) is 18.6. The van der Waals surface area contributed by atoms with E-state index in [4.69, 9.17) is 10.1 Å². The first-order valence-corrected chi connectivity index (χ1v) is 10.6. The van der Waals surface area contributed by atoms with E-state index in [1.54, 1.807) is 0 Å². The van der Waals surface area contributed by atoms with Crippen LogP contribution in [0.3, 0.4) is 0 Å². The summed E-state index contributed by atoms with van der Waals surface area (Å²) in [5.41, 5.74) is 2.08. The number of anilines is 1. The molecule has 148 valence electrons. The van der Waals surface area contributed by atoms with Crippen molar-refractivity contribution < 1.29 is 5.11 Å². The number of hydrogen-bond acceptors (Lipinski definition) is 6. The molecular weight excluding hydrogens is 340 g/mol. The predicted molar refractivity (Wildman–Crippen MR) is 107 cm³/mol. The summed E-state index contributed by atoms with van der Waals surface area (Å²) in [6.07, 6.45) is 8.74. The van der Waals surface area contributed by atoms with Crippen LogP contribution < -0.4 is 10.6 Å². The fourth-order valence-corrected chi connectivity index (χ4v) is 4.49. The zero-order chi connectivity index (χ0) is 18.8. The molecule has 2 aliphatic rings. The van der Waals surface area contributed by atoms with E-state index < -0.39 is 0 Å². The van der Waals surface area contributed by atoms with E-state index in [0.717, 1.165) is 74.8 Å². The third kappa shape index (κ3) is 3.94. The van der Waals surface area contributed by atoms with Gasteiger partial charge in [0.1, 0.15) is 0 Å². The third-order valence-electron chi connectivity index (χ3n) is 6.03. The molecule has 2 aromatic heterocycles. The van der Waals surface area contributed by atoms with Crippen molar-refractivity contribution in [2.75, 3.05) is 18.4 Å².